The molecule has 0 bridgehead atoms. The highest BCUT2D eigenvalue weighted by Crippen LogP contribution is 2.16. The lowest BCUT2D eigenvalue weighted by atomic mass is 10.0. The fourth-order valence-electron chi connectivity index (χ4n) is 2.20. The minimum Gasteiger partial charge on any atom is -0.383 e. The molecule has 1 fully saturated rings. The molecule has 0 saturated carbocycles. The number of rotatable bonds is 8. The molecule has 1 aromatic carbocycles. The second-order valence-electron chi connectivity index (χ2n) is 5.60. The first kappa shape index (κ1) is 20.9. The van der Waals surface area contributed by atoms with Crippen molar-refractivity contribution in [3.8, 4) is 0 Å². The van der Waals surface area contributed by atoms with E-state index in [1.165, 1.54) is 19.2 Å². The van der Waals surface area contributed by atoms with Crippen molar-refractivity contribution < 1.29 is 17.9 Å². The predicted octanol–water partition coefficient (Wildman–Crippen LogP) is 0.291. The van der Waals surface area contributed by atoms with Crippen LogP contribution in [0.5, 0.6) is 0 Å². The van der Waals surface area contributed by atoms with Crippen LogP contribution in [-0.2, 0) is 14.8 Å². The molecule has 1 aromatic rings. The van der Waals surface area contributed by atoms with Gasteiger partial charge in [0.1, 0.15) is 0 Å². The van der Waals surface area contributed by atoms with Crippen molar-refractivity contribution in [2.24, 2.45) is 5.92 Å². The van der Waals surface area contributed by atoms with Crippen molar-refractivity contribution in [2.45, 2.75) is 11.8 Å². The van der Waals surface area contributed by atoms with E-state index in [9.17, 15) is 13.2 Å². The topological polar surface area (TPSA) is 96.5 Å². The van der Waals surface area contributed by atoms with Gasteiger partial charge in [-0.25, -0.2) is 13.1 Å². The van der Waals surface area contributed by atoms with Crippen molar-refractivity contribution in [1.29, 1.82) is 0 Å². The number of nitrogens with one attached hydrogen (secondary N) is 3. The number of carbonyl (C=O) groups excluding carboxylic acids is 1. The van der Waals surface area contributed by atoms with E-state index in [1.54, 1.807) is 13.0 Å². The standard InChI is InChI=1S/C15H23N3O4S.ClH/c1-11-3-4-13(23(20,21)18-5-6-22-2)7-14(11)15(19)17-10-12-8-16-9-12;/h3-4,7,12,16,18H,5-6,8-10H2,1-2H3,(H,17,19);1H. The normalized spacial score (nSPS) is 14.6. The molecule has 7 nitrogen and oxygen atoms in total. The third kappa shape index (κ3) is 5.42. The van der Waals surface area contributed by atoms with E-state index >= 15 is 0 Å². The second-order valence-corrected chi connectivity index (χ2v) is 7.37. The van der Waals surface area contributed by atoms with E-state index in [1.807, 2.05) is 0 Å². The first-order valence-electron chi connectivity index (χ1n) is 7.52. The molecule has 1 aliphatic heterocycles. The first-order chi connectivity index (χ1) is 10.9. The van der Waals surface area contributed by atoms with Gasteiger partial charge in [-0.05, 0) is 24.6 Å². The number of aryl methyl sites for hydroxylation is 1. The fraction of sp³-hybridized carbons (Fsp3) is 0.533. The summed E-state index contributed by atoms with van der Waals surface area (Å²) in [7, 11) is -2.15. The summed E-state index contributed by atoms with van der Waals surface area (Å²) >= 11 is 0. The largest absolute Gasteiger partial charge is 0.383 e. The molecule has 0 spiro atoms. The Labute approximate surface area is 149 Å². The number of ether oxygens (including phenoxy) is 1. The van der Waals surface area contributed by atoms with Gasteiger partial charge in [-0.3, -0.25) is 4.79 Å². The molecular formula is C15H24ClN3O4S. The Hall–Kier alpha value is -1.19. The number of carbonyl (C=O) groups is 1. The molecule has 3 N–H and O–H groups in total. The van der Waals surface area contributed by atoms with E-state index < -0.39 is 10.0 Å². The Morgan fingerprint density at radius 3 is 2.67 bits per heavy atom. The average molecular weight is 378 g/mol. The van der Waals surface area contributed by atoms with Crippen LogP contribution in [-0.4, -0.2) is 54.2 Å². The molecule has 0 atom stereocenters. The minimum absolute atomic E-state index is 0. The van der Waals surface area contributed by atoms with Gasteiger partial charge in [-0.2, -0.15) is 0 Å². The van der Waals surface area contributed by atoms with Crippen LogP contribution in [0.1, 0.15) is 15.9 Å². The highest BCUT2D eigenvalue weighted by Gasteiger charge is 2.20. The van der Waals surface area contributed by atoms with E-state index in [0.717, 1.165) is 18.7 Å². The van der Waals surface area contributed by atoms with Gasteiger partial charge in [0.15, 0.2) is 0 Å². The van der Waals surface area contributed by atoms with Gasteiger partial charge in [-0.1, -0.05) is 6.07 Å². The molecule has 0 radical (unpaired) electrons. The van der Waals surface area contributed by atoms with Gasteiger partial charge >= 0.3 is 0 Å². The van der Waals surface area contributed by atoms with Gasteiger partial charge in [0.25, 0.3) is 5.91 Å². The van der Waals surface area contributed by atoms with Crippen molar-refractivity contribution in [3.05, 3.63) is 29.3 Å². The number of sulfonamides is 1. The van der Waals surface area contributed by atoms with Crippen molar-refractivity contribution in [1.82, 2.24) is 15.4 Å². The predicted molar refractivity (Wildman–Crippen MR) is 94.2 cm³/mol. The lowest BCUT2D eigenvalue weighted by molar-refractivity contribution is 0.0941. The fourth-order valence-corrected chi connectivity index (χ4v) is 3.24. The SMILES string of the molecule is COCCNS(=O)(=O)c1ccc(C)c(C(=O)NCC2CNC2)c1.Cl. The number of hydrogen-bond acceptors (Lipinski definition) is 5. The molecular weight excluding hydrogens is 354 g/mol. The second kappa shape index (κ2) is 9.33. The van der Waals surface area contributed by atoms with Crippen LogP contribution in [0.15, 0.2) is 23.1 Å². The van der Waals surface area contributed by atoms with Crippen LogP contribution < -0.4 is 15.4 Å². The molecule has 9 heteroatoms. The summed E-state index contributed by atoms with van der Waals surface area (Å²) in [4.78, 5) is 12.4. The van der Waals surface area contributed by atoms with Gasteiger partial charge in [0.05, 0.1) is 11.5 Å². The number of benzene rings is 1. The van der Waals surface area contributed by atoms with Gasteiger partial charge in [0.2, 0.25) is 10.0 Å². The number of halogens is 1. The molecule has 1 saturated heterocycles. The van der Waals surface area contributed by atoms with Crippen LogP contribution in [0.4, 0.5) is 0 Å². The Morgan fingerprint density at radius 2 is 2.08 bits per heavy atom. The zero-order valence-electron chi connectivity index (χ0n) is 13.8. The maximum atomic E-state index is 12.3. The smallest absolute Gasteiger partial charge is 0.251 e. The van der Waals surface area contributed by atoms with Crippen molar-refractivity contribution in [3.63, 3.8) is 0 Å². The summed E-state index contributed by atoms with van der Waals surface area (Å²) in [6.45, 7) is 4.65. The van der Waals surface area contributed by atoms with Crippen LogP contribution in [0.3, 0.4) is 0 Å². The maximum absolute atomic E-state index is 12.3. The molecule has 1 heterocycles. The number of hydrogen-bond donors (Lipinski definition) is 3. The summed E-state index contributed by atoms with van der Waals surface area (Å²) in [5, 5.41) is 6.00. The van der Waals surface area contributed by atoms with E-state index in [-0.39, 0.29) is 36.4 Å². The molecule has 1 amide bonds. The quantitative estimate of drug-likeness (QED) is 0.566. The van der Waals surface area contributed by atoms with E-state index in [0.29, 0.717) is 18.0 Å². The summed E-state index contributed by atoms with van der Waals surface area (Å²) in [6.07, 6.45) is 0. The van der Waals surface area contributed by atoms with Crippen LogP contribution in [0.2, 0.25) is 0 Å². The van der Waals surface area contributed by atoms with Crippen molar-refractivity contribution in [2.75, 3.05) is 39.9 Å². The average Bonchev–Trinajstić information content (AvgIpc) is 2.45. The van der Waals surface area contributed by atoms with Crippen LogP contribution in [0, 0.1) is 12.8 Å². The molecule has 0 unspecified atom stereocenters. The van der Waals surface area contributed by atoms with Gasteiger partial charge in [0, 0.05) is 44.8 Å². The van der Waals surface area contributed by atoms with Gasteiger partial charge in [-0.15, -0.1) is 12.4 Å². The Balaban J connectivity index is 0.00000288. The molecule has 0 aliphatic carbocycles. The Kier molecular flexibility index (Phi) is 8.11. The Bertz CT molecular complexity index is 663. The van der Waals surface area contributed by atoms with Gasteiger partial charge < -0.3 is 15.4 Å². The summed E-state index contributed by atoms with van der Waals surface area (Å²) in [5.41, 5.74) is 1.12. The summed E-state index contributed by atoms with van der Waals surface area (Å²) in [6, 6.07) is 4.56. The monoisotopic (exact) mass is 377 g/mol. The van der Waals surface area contributed by atoms with E-state index in [2.05, 4.69) is 15.4 Å². The highest BCUT2D eigenvalue weighted by molar-refractivity contribution is 7.89. The molecule has 1 aliphatic rings. The molecule has 136 valence electrons. The van der Waals surface area contributed by atoms with E-state index in [4.69, 9.17) is 4.74 Å². The zero-order valence-corrected chi connectivity index (χ0v) is 15.4. The summed E-state index contributed by atoms with van der Waals surface area (Å²) < 4.78 is 31.7. The number of amides is 1. The molecule has 0 aromatic heterocycles. The highest BCUT2D eigenvalue weighted by atomic mass is 35.5. The third-order valence-electron chi connectivity index (χ3n) is 3.78. The van der Waals surface area contributed by atoms with Crippen LogP contribution >= 0.6 is 12.4 Å². The molecule has 2 rings (SSSR count). The Morgan fingerprint density at radius 1 is 1.38 bits per heavy atom. The van der Waals surface area contributed by atoms with Crippen LogP contribution in [0.25, 0.3) is 0 Å². The minimum atomic E-state index is -3.65. The summed E-state index contributed by atoms with van der Waals surface area (Å²) in [5.74, 6) is 0.199. The third-order valence-corrected chi connectivity index (χ3v) is 5.24. The lowest BCUT2D eigenvalue weighted by Crippen LogP contribution is -2.48. The first-order valence-corrected chi connectivity index (χ1v) is 9.00. The van der Waals surface area contributed by atoms with Crippen molar-refractivity contribution >= 4 is 28.3 Å². The number of methoxy groups -OCH3 is 1. The zero-order chi connectivity index (χ0) is 16.9. The maximum Gasteiger partial charge on any atom is 0.251 e. The molecule has 24 heavy (non-hydrogen) atoms. The lowest BCUT2D eigenvalue weighted by Gasteiger charge is -2.27.